The zero-order valence-corrected chi connectivity index (χ0v) is 10.4. The third kappa shape index (κ3) is 2.91. The Labute approximate surface area is 106 Å². The lowest BCUT2D eigenvalue weighted by Gasteiger charge is -2.05. The van der Waals surface area contributed by atoms with E-state index in [0.29, 0.717) is 17.9 Å². The van der Waals surface area contributed by atoms with Gasteiger partial charge in [0.1, 0.15) is 17.3 Å². The van der Waals surface area contributed by atoms with Gasteiger partial charge < -0.3 is 4.74 Å². The zero-order chi connectivity index (χ0) is 13.0. The van der Waals surface area contributed by atoms with Crippen molar-refractivity contribution in [1.29, 1.82) is 0 Å². The van der Waals surface area contributed by atoms with Crippen molar-refractivity contribution in [2.75, 3.05) is 7.11 Å². The molecule has 0 radical (unpaired) electrons. The molecule has 4 heteroatoms. The lowest BCUT2D eigenvalue weighted by atomic mass is 10.1. The van der Waals surface area contributed by atoms with Gasteiger partial charge in [0.05, 0.1) is 7.11 Å². The van der Waals surface area contributed by atoms with Gasteiger partial charge in [0.15, 0.2) is 6.29 Å². The molecule has 0 spiro atoms. The Morgan fingerprint density at radius 2 is 2.11 bits per heavy atom. The summed E-state index contributed by atoms with van der Waals surface area (Å²) in [5.41, 5.74) is 2.27. The number of hydrogen-bond acceptors (Lipinski definition) is 4. The molecule has 1 aromatic carbocycles. The summed E-state index contributed by atoms with van der Waals surface area (Å²) in [4.78, 5) is 19.3. The van der Waals surface area contributed by atoms with Crippen LogP contribution in [-0.4, -0.2) is 23.4 Å². The minimum atomic E-state index is 0.417. The molecule has 0 unspecified atom stereocenters. The molecule has 2 aromatic rings. The third-order valence-electron chi connectivity index (χ3n) is 2.54. The number of carbonyl (C=O) groups is 1. The molecule has 4 nitrogen and oxygen atoms in total. The first-order valence-corrected chi connectivity index (χ1v) is 5.64. The maximum absolute atomic E-state index is 10.8. The highest BCUT2D eigenvalue weighted by molar-refractivity contribution is 5.71. The van der Waals surface area contributed by atoms with Crippen molar-refractivity contribution in [1.82, 2.24) is 9.97 Å². The largest absolute Gasteiger partial charge is 0.497 e. The minimum Gasteiger partial charge on any atom is -0.497 e. The summed E-state index contributed by atoms with van der Waals surface area (Å²) in [5, 5.41) is 0. The molecule has 0 fully saturated rings. The van der Waals surface area contributed by atoms with E-state index in [2.05, 4.69) is 9.97 Å². The zero-order valence-electron chi connectivity index (χ0n) is 10.4. The molecule has 18 heavy (non-hydrogen) atoms. The number of rotatable bonds is 4. The highest BCUT2D eigenvalue weighted by Gasteiger charge is 2.04. The van der Waals surface area contributed by atoms with E-state index >= 15 is 0 Å². The molecule has 0 aliphatic carbocycles. The average molecular weight is 242 g/mol. The Hall–Kier alpha value is -2.23. The van der Waals surface area contributed by atoms with Gasteiger partial charge >= 0.3 is 0 Å². The van der Waals surface area contributed by atoms with Crippen LogP contribution in [0.3, 0.4) is 0 Å². The first kappa shape index (κ1) is 12.2. The summed E-state index contributed by atoms with van der Waals surface area (Å²) in [6.07, 6.45) is 1.32. The summed E-state index contributed by atoms with van der Waals surface area (Å²) < 4.78 is 5.16. The lowest BCUT2D eigenvalue weighted by Crippen LogP contribution is -2.02. The molecule has 0 aliphatic heterocycles. The van der Waals surface area contributed by atoms with Crippen LogP contribution >= 0.6 is 0 Å². The third-order valence-corrected chi connectivity index (χ3v) is 2.54. The second-order valence-corrected chi connectivity index (χ2v) is 4.00. The van der Waals surface area contributed by atoms with Crippen LogP contribution in [-0.2, 0) is 6.42 Å². The van der Waals surface area contributed by atoms with Crippen molar-refractivity contribution in [2.45, 2.75) is 13.3 Å². The fourth-order valence-corrected chi connectivity index (χ4v) is 1.76. The fraction of sp³-hybridized carbons (Fsp3) is 0.214. The highest BCUT2D eigenvalue weighted by atomic mass is 16.5. The summed E-state index contributed by atoms with van der Waals surface area (Å²) in [6.45, 7) is 1.85. The Bertz CT molecular complexity index is 567. The molecule has 0 atom stereocenters. The van der Waals surface area contributed by atoms with Crippen molar-refractivity contribution >= 4 is 6.29 Å². The van der Waals surface area contributed by atoms with Gasteiger partial charge in [-0.1, -0.05) is 12.1 Å². The van der Waals surface area contributed by atoms with E-state index in [1.807, 2.05) is 31.2 Å². The molecule has 1 heterocycles. The molecule has 0 saturated heterocycles. The summed E-state index contributed by atoms with van der Waals surface area (Å²) in [6, 6.07) is 9.39. The molecule has 92 valence electrons. The topological polar surface area (TPSA) is 52.1 Å². The molecule has 0 bridgehead atoms. The molecule has 0 N–H and O–H groups in total. The summed E-state index contributed by atoms with van der Waals surface area (Å²) >= 11 is 0. The monoisotopic (exact) mass is 242 g/mol. The number of methoxy groups -OCH3 is 1. The maximum atomic E-state index is 10.8. The van der Waals surface area contributed by atoms with E-state index < -0.39 is 0 Å². The fourth-order valence-electron chi connectivity index (χ4n) is 1.76. The molecular weight excluding hydrogens is 228 g/mol. The van der Waals surface area contributed by atoms with E-state index in [9.17, 15) is 4.79 Å². The molecule has 0 amide bonds. The smallest absolute Gasteiger partial charge is 0.168 e. The van der Waals surface area contributed by atoms with Crippen molar-refractivity contribution in [2.24, 2.45) is 0 Å². The predicted molar refractivity (Wildman–Crippen MR) is 68.0 cm³/mol. The Morgan fingerprint density at radius 1 is 1.28 bits per heavy atom. The SMILES string of the molecule is COc1cccc(Cc2nc(C)cc(C=O)n2)c1. The van der Waals surface area contributed by atoms with Gasteiger partial charge in [-0.15, -0.1) is 0 Å². The van der Waals surface area contributed by atoms with Gasteiger partial charge in [-0.3, -0.25) is 4.79 Å². The molecule has 2 rings (SSSR count). The number of aromatic nitrogens is 2. The number of hydrogen-bond donors (Lipinski definition) is 0. The van der Waals surface area contributed by atoms with Gasteiger partial charge in [-0.25, -0.2) is 9.97 Å². The van der Waals surface area contributed by atoms with E-state index in [1.54, 1.807) is 13.2 Å². The van der Waals surface area contributed by atoms with Gasteiger partial charge in [-0.05, 0) is 30.7 Å². The Balaban J connectivity index is 2.27. The first-order valence-electron chi connectivity index (χ1n) is 5.64. The van der Waals surface area contributed by atoms with Crippen LogP contribution < -0.4 is 4.74 Å². The van der Waals surface area contributed by atoms with Crippen LogP contribution in [0.2, 0.25) is 0 Å². The van der Waals surface area contributed by atoms with E-state index in [0.717, 1.165) is 23.3 Å². The Kier molecular flexibility index (Phi) is 3.67. The molecule has 0 saturated carbocycles. The van der Waals surface area contributed by atoms with Gasteiger partial charge in [0, 0.05) is 12.1 Å². The van der Waals surface area contributed by atoms with Crippen LogP contribution in [0, 0.1) is 6.92 Å². The Morgan fingerprint density at radius 3 is 2.83 bits per heavy atom. The molecular formula is C14H14N2O2. The number of aldehydes is 1. The van der Waals surface area contributed by atoms with Crippen LogP contribution in [0.1, 0.15) is 27.6 Å². The predicted octanol–water partition coefficient (Wildman–Crippen LogP) is 2.20. The van der Waals surface area contributed by atoms with Crippen molar-refractivity contribution in [3.63, 3.8) is 0 Å². The van der Waals surface area contributed by atoms with Crippen molar-refractivity contribution < 1.29 is 9.53 Å². The van der Waals surface area contributed by atoms with E-state index in [-0.39, 0.29) is 0 Å². The average Bonchev–Trinajstić information content (AvgIpc) is 2.38. The van der Waals surface area contributed by atoms with Crippen molar-refractivity contribution in [3.8, 4) is 5.75 Å². The highest BCUT2D eigenvalue weighted by Crippen LogP contribution is 2.15. The van der Waals surface area contributed by atoms with Gasteiger partial charge in [0.25, 0.3) is 0 Å². The summed E-state index contributed by atoms with van der Waals surface area (Å²) in [7, 11) is 1.63. The second kappa shape index (κ2) is 5.40. The number of ether oxygens (including phenoxy) is 1. The van der Waals surface area contributed by atoms with E-state index in [1.165, 1.54) is 0 Å². The van der Waals surface area contributed by atoms with Crippen LogP contribution in [0.25, 0.3) is 0 Å². The van der Waals surface area contributed by atoms with Crippen LogP contribution in [0.5, 0.6) is 5.75 Å². The van der Waals surface area contributed by atoms with Gasteiger partial charge in [0.2, 0.25) is 0 Å². The molecule has 1 aromatic heterocycles. The van der Waals surface area contributed by atoms with Crippen LogP contribution in [0.15, 0.2) is 30.3 Å². The normalized spacial score (nSPS) is 10.1. The molecule has 0 aliphatic rings. The first-order chi connectivity index (χ1) is 8.71. The number of nitrogens with zero attached hydrogens (tertiary/aromatic N) is 2. The van der Waals surface area contributed by atoms with Crippen molar-refractivity contribution in [3.05, 3.63) is 53.1 Å². The van der Waals surface area contributed by atoms with E-state index in [4.69, 9.17) is 4.74 Å². The minimum absolute atomic E-state index is 0.417. The lowest BCUT2D eigenvalue weighted by molar-refractivity contribution is 0.111. The number of aryl methyl sites for hydroxylation is 1. The summed E-state index contributed by atoms with van der Waals surface area (Å²) in [5.74, 6) is 1.45. The quantitative estimate of drug-likeness (QED) is 0.771. The second-order valence-electron chi connectivity index (χ2n) is 4.00. The number of benzene rings is 1. The number of carbonyl (C=O) groups excluding carboxylic acids is 1. The van der Waals surface area contributed by atoms with Gasteiger partial charge in [-0.2, -0.15) is 0 Å². The van der Waals surface area contributed by atoms with Crippen LogP contribution in [0.4, 0.5) is 0 Å². The standard InChI is InChI=1S/C14H14N2O2/c1-10-6-12(9-17)16-14(15-10)8-11-4-3-5-13(7-11)18-2/h3-7,9H,8H2,1-2H3. The maximum Gasteiger partial charge on any atom is 0.168 e.